The molecule has 0 spiro atoms. The highest BCUT2D eigenvalue weighted by Gasteiger charge is 2.27. The summed E-state index contributed by atoms with van der Waals surface area (Å²) >= 11 is 0. The summed E-state index contributed by atoms with van der Waals surface area (Å²) < 4.78 is 8.44. The molecule has 0 unspecified atom stereocenters. The van der Waals surface area contributed by atoms with Crippen LogP contribution in [0.25, 0.3) is 27.5 Å². The number of methoxy groups -OCH3 is 1. The number of rotatable bonds is 6. The van der Waals surface area contributed by atoms with Crippen molar-refractivity contribution >= 4 is 33.4 Å². The van der Waals surface area contributed by atoms with E-state index in [1.165, 1.54) is 4.68 Å². The highest BCUT2D eigenvalue weighted by atomic mass is 16.5. The van der Waals surface area contributed by atoms with Crippen molar-refractivity contribution in [2.45, 2.75) is 20.3 Å². The van der Waals surface area contributed by atoms with Crippen LogP contribution < -0.4 is 15.2 Å². The molecule has 3 aromatic carbocycles. The second kappa shape index (κ2) is 9.34. The third kappa shape index (κ3) is 3.73. The summed E-state index contributed by atoms with van der Waals surface area (Å²) in [6, 6.07) is 22.6. The minimum Gasteiger partial charge on any atom is -0.497 e. The number of para-hydroxylation sites is 2. The Bertz CT molecular complexity index is 1650. The smallest absolute Gasteiger partial charge is 0.296 e. The van der Waals surface area contributed by atoms with Crippen LogP contribution in [0, 0.1) is 6.92 Å². The molecule has 5 rings (SSSR count). The minimum absolute atomic E-state index is 0.241. The highest BCUT2D eigenvalue weighted by Crippen LogP contribution is 2.31. The van der Waals surface area contributed by atoms with Crippen LogP contribution in [0.4, 0.5) is 5.69 Å². The van der Waals surface area contributed by atoms with Gasteiger partial charge in [0.05, 0.1) is 12.8 Å². The molecule has 36 heavy (non-hydrogen) atoms. The summed E-state index contributed by atoms with van der Waals surface area (Å²) in [7, 11) is 3.44. The average molecular weight is 481 g/mol. The van der Waals surface area contributed by atoms with Crippen LogP contribution in [0.3, 0.4) is 0 Å². The second-order valence-electron chi connectivity index (χ2n) is 8.81. The fraction of sp³-hybridized carbons (Fsp3) is 0.207. The van der Waals surface area contributed by atoms with Gasteiger partial charge in [-0.05, 0) is 55.3 Å². The topological polar surface area (TPSA) is 69.4 Å². The highest BCUT2D eigenvalue weighted by molar-refractivity contribution is 6.20. The predicted octanol–water partition coefficient (Wildman–Crippen LogP) is 5.25. The van der Waals surface area contributed by atoms with Gasteiger partial charge in [-0.2, -0.15) is 9.78 Å². The maximum absolute atomic E-state index is 14.3. The lowest BCUT2D eigenvalue weighted by molar-refractivity contribution is 0.0982. The number of carbonyl (C=O) groups excluding carboxylic acids is 1. The van der Waals surface area contributed by atoms with Gasteiger partial charge in [0.25, 0.3) is 11.5 Å². The van der Waals surface area contributed by atoms with E-state index in [4.69, 9.17) is 9.84 Å². The molecule has 0 saturated carbocycles. The van der Waals surface area contributed by atoms with Gasteiger partial charge >= 0.3 is 0 Å². The lowest BCUT2D eigenvalue weighted by Crippen LogP contribution is -2.35. The Hall–Kier alpha value is -4.39. The molecule has 0 bridgehead atoms. The van der Waals surface area contributed by atoms with Gasteiger partial charge in [0.2, 0.25) is 0 Å². The van der Waals surface area contributed by atoms with Gasteiger partial charge in [-0.25, -0.2) is 0 Å². The number of amides is 1. The van der Waals surface area contributed by atoms with Crippen molar-refractivity contribution in [1.82, 2.24) is 14.3 Å². The molecule has 2 aromatic heterocycles. The molecule has 7 heteroatoms. The summed E-state index contributed by atoms with van der Waals surface area (Å²) in [6.07, 6.45) is 0.775. The molecule has 5 aromatic rings. The summed E-state index contributed by atoms with van der Waals surface area (Å²) in [5.74, 6) is 0.428. The minimum atomic E-state index is -0.289. The van der Waals surface area contributed by atoms with Crippen LogP contribution >= 0.6 is 0 Å². The van der Waals surface area contributed by atoms with E-state index in [2.05, 4.69) is 0 Å². The Kier molecular flexibility index (Phi) is 6.06. The van der Waals surface area contributed by atoms with E-state index in [1.807, 2.05) is 74.0 Å². The van der Waals surface area contributed by atoms with Crippen molar-refractivity contribution < 1.29 is 9.53 Å². The number of ether oxygens (including phenoxy) is 1. The number of carbonyl (C=O) groups is 1. The van der Waals surface area contributed by atoms with Crippen molar-refractivity contribution in [3.8, 4) is 11.4 Å². The van der Waals surface area contributed by atoms with Crippen molar-refractivity contribution in [1.29, 1.82) is 0 Å². The maximum Gasteiger partial charge on any atom is 0.296 e. The fourth-order valence-corrected chi connectivity index (χ4v) is 4.78. The maximum atomic E-state index is 14.3. The summed E-state index contributed by atoms with van der Waals surface area (Å²) in [5, 5.41) is 6.10. The first-order valence-corrected chi connectivity index (χ1v) is 12.0. The number of anilines is 1. The number of hydrogen-bond donors (Lipinski definition) is 0. The van der Waals surface area contributed by atoms with Gasteiger partial charge in [-0.15, -0.1) is 0 Å². The van der Waals surface area contributed by atoms with E-state index in [9.17, 15) is 9.59 Å². The van der Waals surface area contributed by atoms with Gasteiger partial charge in [-0.1, -0.05) is 43.3 Å². The summed E-state index contributed by atoms with van der Waals surface area (Å²) in [4.78, 5) is 29.8. The lowest BCUT2D eigenvalue weighted by atomic mass is 10.1. The zero-order valence-corrected chi connectivity index (χ0v) is 20.9. The molecule has 0 aliphatic carbocycles. The largest absolute Gasteiger partial charge is 0.497 e. The molecule has 182 valence electrons. The molecule has 0 saturated heterocycles. The van der Waals surface area contributed by atoms with Gasteiger partial charge in [0, 0.05) is 35.6 Å². The molecule has 2 heterocycles. The summed E-state index contributed by atoms with van der Waals surface area (Å²) in [6.45, 7) is 4.56. The van der Waals surface area contributed by atoms with E-state index in [-0.39, 0.29) is 17.2 Å². The number of aromatic nitrogens is 3. The number of fused-ring (bicyclic) bond motifs is 3. The molecule has 1 amide bonds. The van der Waals surface area contributed by atoms with Gasteiger partial charge in [-0.3, -0.25) is 9.59 Å². The number of aryl methyl sites for hydroxylation is 2. The molecule has 0 aliphatic rings. The van der Waals surface area contributed by atoms with Crippen molar-refractivity contribution in [3.63, 3.8) is 0 Å². The molecule has 0 atom stereocenters. The van der Waals surface area contributed by atoms with E-state index in [0.29, 0.717) is 28.9 Å². The Morgan fingerprint density at radius 3 is 2.39 bits per heavy atom. The zero-order chi connectivity index (χ0) is 25.4. The van der Waals surface area contributed by atoms with E-state index < -0.39 is 0 Å². The Morgan fingerprint density at radius 2 is 1.69 bits per heavy atom. The Morgan fingerprint density at radius 1 is 1.00 bits per heavy atom. The third-order valence-corrected chi connectivity index (χ3v) is 6.56. The molecule has 0 aliphatic heterocycles. The van der Waals surface area contributed by atoms with Crippen LogP contribution in [0.1, 0.15) is 29.4 Å². The van der Waals surface area contributed by atoms with Gasteiger partial charge in [0.1, 0.15) is 11.3 Å². The van der Waals surface area contributed by atoms with Crippen molar-refractivity contribution in [2.75, 3.05) is 18.6 Å². The quantitative estimate of drug-likeness (QED) is 0.333. The molecule has 0 fully saturated rings. The zero-order valence-electron chi connectivity index (χ0n) is 20.9. The van der Waals surface area contributed by atoms with Crippen molar-refractivity contribution in [2.24, 2.45) is 7.05 Å². The van der Waals surface area contributed by atoms with E-state index in [1.54, 1.807) is 36.3 Å². The number of nitrogens with zero attached hydrogens (tertiary/aromatic N) is 4. The second-order valence-corrected chi connectivity index (χ2v) is 8.81. The van der Waals surface area contributed by atoms with Crippen LogP contribution in [0.2, 0.25) is 0 Å². The van der Waals surface area contributed by atoms with Crippen LogP contribution in [-0.2, 0) is 7.05 Å². The standard InChI is InChI=1S/C29H28N4O3/c1-5-18-32(23-12-8-6-10-19(23)2)28(34)26-25-22-11-7-9-13-24(22)31(3)27(25)29(35)33(30-26)20-14-16-21(36-4)17-15-20/h6-17H,5,18H2,1-4H3. The van der Waals surface area contributed by atoms with Crippen molar-refractivity contribution in [3.05, 3.63) is 94.4 Å². The Labute approximate surface area is 209 Å². The molecular formula is C29H28N4O3. The average Bonchev–Trinajstić information content (AvgIpc) is 3.21. The van der Waals surface area contributed by atoms with Crippen LogP contribution in [0.15, 0.2) is 77.6 Å². The summed E-state index contributed by atoms with van der Waals surface area (Å²) in [5.41, 5.74) is 3.65. The molecule has 0 N–H and O–H groups in total. The first-order chi connectivity index (χ1) is 17.5. The van der Waals surface area contributed by atoms with Gasteiger partial charge < -0.3 is 14.2 Å². The van der Waals surface area contributed by atoms with Gasteiger partial charge in [0.15, 0.2) is 5.69 Å². The fourth-order valence-electron chi connectivity index (χ4n) is 4.78. The molecular weight excluding hydrogens is 452 g/mol. The van der Waals surface area contributed by atoms with E-state index in [0.717, 1.165) is 28.6 Å². The first kappa shape index (κ1) is 23.4. The van der Waals surface area contributed by atoms with Crippen LogP contribution in [0.5, 0.6) is 5.75 Å². The molecule has 0 radical (unpaired) electrons. The number of benzene rings is 3. The normalized spacial score (nSPS) is 11.2. The Balaban J connectivity index is 1.83. The molecule has 7 nitrogen and oxygen atoms in total. The SMILES string of the molecule is CCCN(C(=O)c1nn(-c2ccc(OC)cc2)c(=O)c2c1c1ccccc1n2C)c1ccccc1C. The predicted molar refractivity (Wildman–Crippen MR) is 144 cm³/mol. The third-order valence-electron chi connectivity index (χ3n) is 6.56. The van der Waals surface area contributed by atoms with Crippen LogP contribution in [-0.4, -0.2) is 33.9 Å². The van der Waals surface area contributed by atoms with E-state index >= 15 is 0 Å². The first-order valence-electron chi connectivity index (χ1n) is 12.0. The monoisotopic (exact) mass is 480 g/mol. The lowest BCUT2D eigenvalue weighted by Gasteiger charge is -2.24. The number of hydrogen-bond acceptors (Lipinski definition) is 4.